The predicted molar refractivity (Wildman–Crippen MR) is 129 cm³/mol. The zero-order chi connectivity index (χ0) is 22.8. The molecular formula is C24H22CuN2O4S2+6. The molecule has 0 unspecified atom stereocenters. The Morgan fingerprint density at radius 2 is 1.03 bits per heavy atom. The van der Waals surface area contributed by atoms with Gasteiger partial charge in [-0.05, 0) is 36.4 Å². The summed E-state index contributed by atoms with van der Waals surface area (Å²) in [6.07, 6.45) is 5.69. The fourth-order valence-electron chi connectivity index (χ4n) is 2.48. The number of carbonyl (C=O) groups is 2. The van der Waals surface area contributed by atoms with Crippen LogP contribution >= 0.6 is 0 Å². The molecule has 0 amide bonds. The van der Waals surface area contributed by atoms with Gasteiger partial charge in [-0.3, -0.25) is 9.59 Å². The first-order valence-corrected chi connectivity index (χ1v) is 10.5. The van der Waals surface area contributed by atoms with Crippen LogP contribution in [0.1, 0.15) is 21.1 Å². The number of hydrogen-bond donors (Lipinski definition) is 2. The Morgan fingerprint density at radius 3 is 1.36 bits per heavy atom. The number of para-hydroxylation sites is 2. The fourth-order valence-corrected chi connectivity index (χ4v) is 2.99. The maximum absolute atomic E-state index is 11.6. The van der Waals surface area contributed by atoms with Crippen molar-refractivity contribution in [1.82, 2.24) is 0 Å². The SMILES string of the molecule is O=C(C=[NH+]c1ccccc1[SH2+])c1ccco1.O=C(C=[NH+]c1ccccc1[SH2+])c1ccco1.[Cu+2]. The summed E-state index contributed by atoms with van der Waals surface area (Å²) in [7, 11) is 0. The molecule has 6 nitrogen and oxygen atoms in total. The van der Waals surface area contributed by atoms with Crippen molar-refractivity contribution < 1.29 is 45.5 Å². The van der Waals surface area contributed by atoms with E-state index in [4.69, 9.17) is 8.83 Å². The zero-order valence-corrected chi connectivity index (χ0v) is 20.1. The van der Waals surface area contributed by atoms with Gasteiger partial charge in [0, 0.05) is 37.4 Å². The predicted octanol–water partition coefficient (Wildman–Crippen LogP) is 0.629. The Kier molecular flexibility index (Phi) is 10.7. The molecule has 0 spiro atoms. The summed E-state index contributed by atoms with van der Waals surface area (Å²) in [5.74, 6) is 0.248. The minimum absolute atomic E-state index is 0. The summed E-state index contributed by atoms with van der Waals surface area (Å²) in [5.41, 5.74) is 1.66. The van der Waals surface area contributed by atoms with Gasteiger partial charge in [0.25, 0.3) is 22.9 Å². The molecule has 9 heteroatoms. The first-order valence-electron chi connectivity index (χ1n) is 9.51. The van der Waals surface area contributed by atoms with Gasteiger partial charge >= 0.3 is 17.1 Å². The zero-order valence-electron chi connectivity index (χ0n) is 17.2. The topological polar surface area (TPSA) is 88.4 Å². The number of hydrogen-bond acceptors (Lipinski definition) is 4. The first-order chi connectivity index (χ1) is 15.5. The van der Waals surface area contributed by atoms with Crippen LogP contribution < -0.4 is 9.98 Å². The van der Waals surface area contributed by atoms with Gasteiger partial charge in [0.1, 0.15) is 0 Å². The molecule has 0 aliphatic carbocycles. The molecule has 0 atom stereocenters. The van der Waals surface area contributed by atoms with Crippen LogP contribution in [0.25, 0.3) is 0 Å². The van der Waals surface area contributed by atoms with E-state index in [0.29, 0.717) is 11.5 Å². The Morgan fingerprint density at radius 1 is 0.636 bits per heavy atom. The molecular weight excluding hydrogens is 508 g/mol. The van der Waals surface area contributed by atoms with E-state index in [1.165, 1.54) is 25.0 Å². The van der Waals surface area contributed by atoms with Crippen LogP contribution in [0.15, 0.2) is 104 Å². The van der Waals surface area contributed by atoms with Crippen molar-refractivity contribution in [2.45, 2.75) is 9.79 Å². The molecule has 2 N–H and O–H groups in total. The number of furan rings is 2. The molecule has 0 aliphatic rings. The van der Waals surface area contributed by atoms with E-state index >= 15 is 0 Å². The molecule has 0 saturated heterocycles. The van der Waals surface area contributed by atoms with Crippen LogP contribution in [0.2, 0.25) is 0 Å². The molecule has 0 aliphatic heterocycles. The fraction of sp³-hybridized carbons (Fsp3) is 0. The van der Waals surface area contributed by atoms with Gasteiger partial charge in [-0.15, -0.1) is 0 Å². The number of nitrogens with one attached hydrogen (secondary N) is 2. The molecule has 169 valence electrons. The van der Waals surface area contributed by atoms with E-state index in [2.05, 4.69) is 35.2 Å². The molecule has 4 aromatic rings. The average molecular weight is 530 g/mol. The molecule has 4 rings (SSSR count). The van der Waals surface area contributed by atoms with Crippen LogP contribution in [0.4, 0.5) is 11.4 Å². The maximum Gasteiger partial charge on any atom is 2.00 e. The number of carbonyl (C=O) groups excluding carboxylic acids is 2. The summed E-state index contributed by atoms with van der Waals surface area (Å²) in [5, 5.41) is 0. The van der Waals surface area contributed by atoms with E-state index in [1.807, 2.05) is 48.5 Å². The van der Waals surface area contributed by atoms with E-state index in [1.54, 1.807) is 24.3 Å². The Balaban J connectivity index is 0.000000227. The van der Waals surface area contributed by atoms with Gasteiger partial charge in [-0.1, -0.05) is 24.3 Å². The largest absolute Gasteiger partial charge is 2.00 e. The Bertz CT molecular complexity index is 1140. The Labute approximate surface area is 212 Å². The van der Waals surface area contributed by atoms with Crippen molar-refractivity contribution in [1.29, 1.82) is 0 Å². The van der Waals surface area contributed by atoms with Crippen molar-refractivity contribution in [2.75, 3.05) is 0 Å². The van der Waals surface area contributed by atoms with Gasteiger partial charge < -0.3 is 8.83 Å². The number of Topliss-reactive ketones (excluding diaryl/α,β-unsaturated/α-hetero) is 2. The molecule has 2 aromatic carbocycles. The van der Waals surface area contributed by atoms with Crippen LogP contribution in [0, 0.1) is 0 Å². The average Bonchev–Trinajstić information content (AvgIpc) is 3.53. The van der Waals surface area contributed by atoms with Crippen LogP contribution in [-0.2, 0) is 42.3 Å². The molecule has 2 aromatic heterocycles. The van der Waals surface area contributed by atoms with Gasteiger partial charge in [0.05, 0.1) is 12.5 Å². The van der Waals surface area contributed by atoms with E-state index in [-0.39, 0.29) is 28.6 Å². The van der Waals surface area contributed by atoms with Crippen molar-refractivity contribution >= 4 is 60.6 Å². The smallest absolute Gasteiger partial charge is 0.461 e. The standard InChI is InChI=1S/2C12H9NO2S.Cu/c2*14-10(11-5-3-7-15-11)8-13-9-4-1-2-6-12(9)16;/h2*1-8,16H;/q;;+2/p+4. The molecule has 0 saturated carbocycles. The summed E-state index contributed by atoms with van der Waals surface area (Å²) in [6.45, 7) is 0. The molecule has 0 bridgehead atoms. The second-order valence-corrected chi connectivity index (χ2v) is 7.43. The number of ketones is 2. The molecule has 0 fully saturated rings. The second kappa shape index (κ2) is 13.4. The summed E-state index contributed by atoms with van der Waals surface area (Å²) >= 11 is 6.86. The quantitative estimate of drug-likeness (QED) is 0.166. The third kappa shape index (κ3) is 8.07. The Hall–Kier alpha value is -3.10. The summed E-state index contributed by atoms with van der Waals surface area (Å²) in [6, 6.07) is 21.7. The second-order valence-electron chi connectivity index (χ2n) is 6.35. The van der Waals surface area contributed by atoms with Crippen molar-refractivity contribution in [3.8, 4) is 0 Å². The van der Waals surface area contributed by atoms with E-state index in [9.17, 15) is 9.59 Å². The third-order valence-electron chi connectivity index (χ3n) is 4.10. The molecule has 33 heavy (non-hydrogen) atoms. The van der Waals surface area contributed by atoms with Crippen LogP contribution in [-0.4, -0.2) is 24.0 Å². The minimum atomic E-state index is -0.195. The van der Waals surface area contributed by atoms with Crippen LogP contribution in [0.3, 0.4) is 0 Å². The van der Waals surface area contributed by atoms with Gasteiger partial charge in [-0.2, -0.15) is 0 Å². The van der Waals surface area contributed by atoms with Gasteiger partial charge in [0.2, 0.25) is 22.2 Å². The third-order valence-corrected chi connectivity index (χ3v) is 4.97. The summed E-state index contributed by atoms with van der Waals surface area (Å²) < 4.78 is 9.96. The number of rotatable bonds is 6. The summed E-state index contributed by atoms with van der Waals surface area (Å²) in [4.78, 5) is 30.7. The first kappa shape index (κ1) is 26.2. The monoisotopic (exact) mass is 529 g/mol. The van der Waals surface area contributed by atoms with E-state index in [0.717, 1.165) is 21.2 Å². The van der Waals surface area contributed by atoms with Crippen molar-refractivity contribution in [2.24, 2.45) is 0 Å². The van der Waals surface area contributed by atoms with Crippen LogP contribution in [0.5, 0.6) is 0 Å². The minimum Gasteiger partial charge on any atom is -0.461 e. The number of benzene rings is 2. The molecule has 1 radical (unpaired) electrons. The normalized spacial score (nSPS) is 10.5. The van der Waals surface area contributed by atoms with Gasteiger partial charge in [0.15, 0.2) is 11.5 Å². The van der Waals surface area contributed by atoms with Crippen molar-refractivity contribution in [3.63, 3.8) is 0 Å². The van der Waals surface area contributed by atoms with Gasteiger partial charge in [-0.25, -0.2) is 9.98 Å². The molecule has 2 heterocycles. The maximum atomic E-state index is 11.6. The van der Waals surface area contributed by atoms with Crippen molar-refractivity contribution in [3.05, 3.63) is 96.8 Å². The van der Waals surface area contributed by atoms with E-state index < -0.39 is 0 Å².